The standard InChI is InChI=1S/C49H29N/c1-2-9-31-24-32(17-16-30(31)8-1)33-18-19-35-26-36(21-20-34(35)25-33)37-27-38(29-50-28-37)39-22-23-46-47-42(39)14-7-15-45(47)48-43-12-5-3-10-40(43)41-11-4-6-13-44(41)49(46)48/h1-29H. The van der Waals surface area contributed by atoms with E-state index in [0.717, 1.165) is 11.1 Å². The molecule has 10 aromatic rings. The van der Waals surface area contributed by atoms with E-state index in [-0.39, 0.29) is 0 Å². The van der Waals surface area contributed by atoms with Crippen LogP contribution >= 0.6 is 0 Å². The Balaban J connectivity index is 1.01. The van der Waals surface area contributed by atoms with Crippen molar-refractivity contribution in [1.82, 2.24) is 4.98 Å². The maximum absolute atomic E-state index is 4.78. The molecule has 9 aromatic carbocycles. The van der Waals surface area contributed by atoms with Crippen molar-refractivity contribution in [2.24, 2.45) is 0 Å². The molecule has 1 aromatic heterocycles. The van der Waals surface area contributed by atoms with Gasteiger partial charge in [-0.1, -0.05) is 140 Å². The summed E-state index contributed by atoms with van der Waals surface area (Å²) < 4.78 is 0. The number of nitrogens with zero attached hydrogens (tertiary/aromatic N) is 1. The lowest BCUT2D eigenvalue weighted by Crippen LogP contribution is -1.87. The Morgan fingerprint density at radius 1 is 0.280 bits per heavy atom. The summed E-state index contributed by atoms with van der Waals surface area (Å²) in [5.74, 6) is 0. The summed E-state index contributed by atoms with van der Waals surface area (Å²) in [4.78, 5) is 4.78. The molecule has 1 aliphatic rings. The third-order valence-corrected chi connectivity index (χ3v) is 10.8. The molecule has 0 unspecified atom stereocenters. The molecule has 0 N–H and O–H groups in total. The molecular weight excluding hydrogens is 603 g/mol. The highest BCUT2D eigenvalue weighted by molar-refractivity contribution is 6.31. The van der Waals surface area contributed by atoms with Gasteiger partial charge < -0.3 is 0 Å². The second-order valence-electron chi connectivity index (χ2n) is 13.5. The zero-order valence-electron chi connectivity index (χ0n) is 27.2. The average Bonchev–Trinajstić information content (AvgIpc) is 3.53. The fourth-order valence-electron chi connectivity index (χ4n) is 8.49. The summed E-state index contributed by atoms with van der Waals surface area (Å²) in [6, 6.07) is 60.3. The minimum Gasteiger partial charge on any atom is -0.263 e. The average molecular weight is 632 g/mol. The largest absolute Gasteiger partial charge is 0.263 e. The number of hydrogen-bond donors (Lipinski definition) is 0. The van der Waals surface area contributed by atoms with Crippen LogP contribution in [-0.4, -0.2) is 4.98 Å². The Labute approximate surface area is 289 Å². The lowest BCUT2D eigenvalue weighted by atomic mass is 9.90. The lowest BCUT2D eigenvalue weighted by Gasteiger charge is -2.13. The van der Waals surface area contributed by atoms with E-state index in [0.29, 0.717) is 0 Å². The molecule has 1 heteroatoms. The number of aromatic nitrogens is 1. The molecule has 1 heterocycles. The van der Waals surface area contributed by atoms with Crippen LogP contribution in [0.25, 0.3) is 109 Å². The summed E-state index contributed by atoms with van der Waals surface area (Å²) in [5, 5.41) is 12.8. The number of hydrogen-bond acceptors (Lipinski definition) is 1. The molecule has 0 saturated carbocycles. The van der Waals surface area contributed by atoms with Gasteiger partial charge in [-0.15, -0.1) is 0 Å². The lowest BCUT2D eigenvalue weighted by molar-refractivity contribution is 1.33. The minimum atomic E-state index is 1.12. The monoisotopic (exact) mass is 631 g/mol. The summed E-state index contributed by atoms with van der Waals surface area (Å²) in [5.41, 5.74) is 12.4. The zero-order chi connectivity index (χ0) is 32.8. The van der Waals surface area contributed by atoms with Crippen LogP contribution < -0.4 is 0 Å². The second kappa shape index (κ2) is 10.5. The Morgan fingerprint density at radius 2 is 0.760 bits per heavy atom. The van der Waals surface area contributed by atoms with Gasteiger partial charge in [-0.2, -0.15) is 0 Å². The molecule has 0 fully saturated rings. The van der Waals surface area contributed by atoms with Gasteiger partial charge in [-0.05, 0) is 123 Å². The first-order chi connectivity index (χ1) is 24.8. The molecular formula is C49H29N. The zero-order valence-corrected chi connectivity index (χ0v) is 27.2. The predicted molar refractivity (Wildman–Crippen MR) is 213 cm³/mol. The molecule has 1 aliphatic carbocycles. The molecule has 50 heavy (non-hydrogen) atoms. The molecule has 0 saturated heterocycles. The van der Waals surface area contributed by atoms with Crippen LogP contribution in [0, 0.1) is 0 Å². The number of pyridine rings is 1. The molecule has 0 radical (unpaired) electrons. The Morgan fingerprint density at radius 3 is 1.44 bits per heavy atom. The smallest absolute Gasteiger partial charge is 0.0347 e. The third-order valence-electron chi connectivity index (χ3n) is 10.8. The topological polar surface area (TPSA) is 12.9 Å². The van der Waals surface area contributed by atoms with Crippen LogP contribution in [0.1, 0.15) is 0 Å². The van der Waals surface area contributed by atoms with Crippen molar-refractivity contribution in [2.75, 3.05) is 0 Å². The molecule has 0 atom stereocenters. The van der Waals surface area contributed by atoms with Crippen molar-refractivity contribution in [3.63, 3.8) is 0 Å². The van der Waals surface area contributed by atoms with Crippen LogP contribution in [0.5, 0.6) is 0 Å². The fraction of sp³-hybridized carbons (Fsp3) is 0. The van der Waals surface area contributed by atoms with E-state index in [4.69, 9.17) is 4.98 Å². The molecule has 0 bridgehead atoms. The van der Waals surface area contributed by atoms with Gasteiger partial charge >= 0.3 is 0 Å². The van der Waals surface area contributed by atoms with Crippen LogP contribution in [0.3, 0.4) is 0 Å². The molecule has 230 valence electrons. The third kappa shape index (κ3) is 3.98. The van der Waals surface area contributed by atoms with Crippen molar-refractivity contribution in [1.29, 1.82) is 0 Å². The quantitative estimate of drug-likeness (QED) is 0.177. The minimum absolute atomic E-state index is 1.12. The molecule has 1 nitrogen and oxygen atoms in total. The first-order valence-corrected chi connectivity index (χ1v) is 17.3. The highest BCUT2D eigenvalue weighted by atomic mass is 14.6. The summed E-state index contributed by atoms with van der Waals surface area (Å²) in [7, 11) is 0. The van der Waals surface area contributed by atoms with E-state index in [2.05, 4.69) is 164 Å². The fourth-order valence-corrected chi connectivity index (χ4v) is 8.49. The van der Waals surface area contributed by atoms with Gasteiger partial charge in [0.15, 0.2) is 0 Å². The predicted octanol–water partition coefficient (Wildman–Crippen LogP) is 13.5. The van der Waals surface area contributed by atoms with Crippen molar-refractivity contribution in [3.8, 4) is 55.6 Å². The van der Waals surface area contributed by atoms with Crippen LogP contribution in [0.4, 0.5) is 0 Å². The van der Waals surface area contributed by atoms with E-state index >= 15 is 0 Å². The normalized spacial score (nSPS) is 12.0. The van der Waals surface area contributed by atoms with E-state index in [9.17, 15) is 0 Å². The second-order valence-corrected chi connectivity index (χ2v) is 13.5. The SMILES string of the molecule is c1ccc2cc(-c3ccc4cc(-c5cncc(-c6ccc7c8c(cccc68)-c6c-7c7ccccc7c7ccccc67)c5)ccc4c3)ccc2c1. The van der Waals surface area contributed by atoms with Gasteiger partial charge in [0.05, 0.1) is 0 Å². The van der Waals surface area contributed by atoms with E-state index in [1.54, 1.807) is 0 Å². The van der Waals surface area contributed by atoms with Gasteiger partial charge in [0.25, 0.3) is 0 Å². The van der Waals surface area contributed by atoms with Crippen molar-refractivity contribution in [3.05, 3.63) is 176 Å². The highest BCUT2D eigenvalue weighted by Crippen LogP contribution is 2.54. The Kier molecular flexibility index (Phi) is 5.73. The molecule has 11 rings (SSSR count). The van der Waals surface area contributed by atoms with Crippen molar-refractivity contribution in [2.45, 2.75) is 0 Å². The number of fused-ring (bicyclic) bond motifs is 10. The van der Waals surface area contributed by atoms with Gasteiger partial charge in [0, 0.05) is 23.5 Å². The summed E-state index contributed by atoms with van der Waals surface area (Å²) in [6.45, 7) is 0. The Hall–Kier alpha value is -6.57. The maximum atomic E-state index is 4.78. The first kappa shape index (κ1) is 27.4. The van der Waals surface area contributed by atoms with E-state index in [1.165, 1.54) is 98.4 Å². The Bertz CT molecular complexity index is 2970. The van der Waals surface area contributed by atoms with Crippen LogP contribution in [-0.2, 0) is 0 Å². The molecule has 0 aliphatic heterocycles. The van der Waals surface area contributed by atoms with Gasteiger partial charge in [0.1, 0.15) is 0 Å². The van der Waals surface area contributed by atoms with Crippen molar-refractivity contribution < 1.29 is 0 Å². The molecule has 0 amide bonds. The van der Waals surface area contributed by atoms with Gasteiger partial charge in [-0.25, -0.2) is 0 Å². The summed E-state index contributed by atoms with van der Waals surface area (Å²) >= 11 is 0. The molecule has 0 spiro atoms. The van der Waals surface area contributed by atoms with Gasteiger partial charge in [-0.3, -0.25) is 4.98 Å². The number of benzene rings is 9. The van der Waals surface area contributed by atoms with E-state index in [1.807, 2.05) is 12.4 Å². The summed E-state index contributed by atoms with van der Waals surface area (Å²) in [6.07, 6.45) is 4.00. The number of rotatable bonds is 3. The van der Waals surface area contributed by atoms with E-state index < -0.39 is 0 Å². The highest BCUT2D eigenvalue weighted by Gasteiger charge is 2.27. The van der Waals surface area contributed by atoms with Crippen LogP contribution in [0.15, 0.2) is 176 Å². The maximum Gasteiger partial charge on any atom is 0.0347 e. The first-order valence-electron chi connectivity index (χ1n) is 17.3. The van der Waals surface area contributed by atoms with Crippen LogP contribution in [0.2, 0.25) is 0 Å². The van der Waals surface area contributed by atoms with Crippen molar-refractivity contribution >= 4 is 53.9 Å². The van der Waals surface area contributed by atoms with Gasteiger partial charge in [0.2, 0.25) is 0 Å².